The number of anilines is 2. The molecule has 1 aliphatic heterocycles. The first kappa shape index (κ1) is 29.7. The van der Waals surface area contributed by atoms with Crippen molar-refractivity contribution in [2.75, 3.05) is 24.3 Å². The Labute approximate surface area is 250 Å². The zero-order chi connectivity index (χ0) is 30.6. The van der Waals surface area contributed by atoms with Crippen molar-refractivity contribution in [1.29, 1.82) is 5.26 Å². The maximum Gasteiger partial charge on any atom is 0.322 e. The number of likely N-dealkylation sites (tertiary alicyclic amines) is 1. The Kier molecular flexibility index (Phi) is 8.72. The highest BCUT2D eigenvalue weighted by atomic mass is 19.1. The molecule has 3 aromatic rings. The summed E-state index contributed by atoms with van der Waals surface area (Å²) in [7, 11) is 1.51. The smallest absolute Gasteiger partial charge is 0.322 e. The van der Waals surface area contributed by atoms with Crippen LogP contribution in [0.25, 0.3) is 4.85 Å². The van der Waals surface area contributed by atoms with Gasteiger partial charge in [0, 0.05) is 25.8 Å². The molecular weight excluding hydrogens is 547 g/mol. The van der Waals surface area contributed by atoms with E-state index in [0.29, 0.717) is 34.8 Å². The van der Waals surface area contributed by atoms with Crippen LogP contribution in [0.1, 0.15) is 48.8 Å². The zero-order valence-electron chi connectivity index (χ0n) is 23.8. The minimum atomic E-state index is -1.01. The third-order valence-electron chi connectivity index (χ3n) is 8.30. The molecule has 0 radical (unpaired) electrons. The first-order valence-corrected chi connectivity index (χ1v) is 14.2. The number of nitrogens with one attached hydrogen (secondary N) is 2. The minimum Gasteiger partial charge on any atom is -0.380 e. The van der Waals surface area contributed by atoms with E-state index in [4.69, 9.17) is 17.0 Å². The number of nitrogens with two attached hydrogens (primary N) is 1. The van der Waals surface area contributed by atoms with E-state index in [1.807, 2.05) is 6.07 Å². The molecule has 43 heavy (non-hydrogen) atoms. The van der Waals surface area contributed by atoms with Crippen molar-refractivity contribution in [1.82, 2.24) is 4.90 Å². The Hall–Kier alpha value is -4.77. The van der Waals surface area contributed by atoms with Gasteiger partial charge in [-0.05, 0) is 66.3 Å². The minimum absolute atomic E-state index is 0.0452. The monoisotopic (exact) mass is 580 g/mol. The van der Waals surface area contributed by atoms with Gasteiger partial charge in [-0.2, -0.15) is 5.26 Å². The lowest BCUT2D eigenvalue weighted by atomic mass is 9.79. The Morgan fingerprint density at radius 2 is 1.88 bits per heavy atom. The van der Waals surface area contributed by atoms with Crippen molar-refractivity contribution < 1.29 is 18.7 Å². The van der Waals surface area contributed by atoms with Crippen LogP contribution in [0.3, 0.4) is 0 Å². The molecule has 2 fully saturated rings. The summed E-state index contributed by atoms with van der Waals surface area (Å²) in [5.41, 5.74) is 8.74. The fourth-order valence-electron chi connectivity index (χ4n) is 5.53. The van der Waals surface area contributed by atoms with Gasteiger partial charge < -0.3 is 26.0 Å². The molecule has 2 aliphatic rings. The molecule has 3 amide bonds. The maximum absolute atomic E-state index is 15.2. The van der Waals surface area contributed by atoms with E-state index in [0.717, 1.165) is 24.8 Å². The summed E-state index contributed by atoms with van der Waals surface area (Å²) in [6.45, 7) is 7.26. The summed E-state index contributed by atoms with van der Waals surface area (Å²) >= 11 is 0. The molecule has 1 saturated carbocycles. The first-order chi connectivity index (χ1) is 20.7. The third kappa shape index (κ3) is 6.67. The molecule has 1 heterocycles. The van der Waals surface area contributed by atoms with E-state index >= 15 is 4.39 Å². The van der Waals surface area contributed by atoms with Crippen molar-refractivity contribution in [2.45, 2.75) is 49.8 Å². The molecule has 5 rings (SSSR count). The van der Waals surface area contributed by atoms with E-state index in [-0.39, 0.29) is 24.8 Å². The lowest BCUT2D eigenvalue weighted by molar-refractivity contribution is -0.119. The van der Waals surface area contributed by atoms with Crippen LogP contribution in [-0.4, -0.2) is 42.6 Å². The number of urea groups is 1. The number of ether oxygens (including phenoxy) is 1. The van der Waals surface area contributed by atoms with E-state index in [1.165, 1.54) is 18.1 Å². The van der Waals surface area contributed by atoms with Crippen LogP contribution < -0.4 is 16.4 Å². The number of nitriles is 1. The van der Waals surface area contributed by atoms with Crippen molar-refractivity contribution in [3.63, 3.8) is 0 Å². The average molecular weight is 581 g/mol. The quantitative estimate of drug-likeness (QED) is 0.272. The summed E-state index contributed by atoms with van der Waals surface area (Å²) in [5, 5.41) is 14.9. The topological polar surface area (TPSA) is 125 Å². The molecule has 0 spiro atoms. The summed E-state index contributed by atoms with van der Waals surface area (Å²) in [4.78, 5) is 31.5. The molecule has 3 atom stereocenters. The van der Waals surface area contributed by atoms with E-state index in [1.54, 1.807) is 54.6 Å². The van der Waals surface area contributed by atoms with Gasteiger partial charge in [-0.1, -0.05) is 43.2 Å². The predicted octanol–water partition coefficient (Wildman–Crippen LogP) is 5.90. The van der Waals surface area contributed by atoms with Crippen LogP contribution in [0.15, 0.2) is 66.7 Å². The van der Waals surface area contributed by atoms with Gasteiger partial charge in [0.15, 0.2) is 5.69 Å². The SMILES string of the molecule is [C-]#[N+]c1ccc(NC(=O)N2C[C@H](OC)C[C@@H]2C(=O)Nc2cc(C(N)(CCC3CC3)c3cccc(C#N)c3)ccc2F)cc1. The van der Waals surface area contributed by atoms with Crippen LogP contribution >= 0.6 is 0 Å². The van der Waals surface area contributed by atoms with Crippen molar-refractivity contribution in [3.8, 4) is 6.07 Å². The molecule has 4 N–H and O–H groups in total. The molecular formula is C33H33FN6O3. The number of hydrogen-bond acceptors (Lipinski definition) is 5. The van der Waals surface area contributed by atoms with Gasteiger partial charge in [-0.3, -0.25) is 4.79 Å². The summed E-state index contributed by atoms with van der Waals surface area (Å²) in [5.74, 6) is -0.591. The predicted molar refractivity (Wildman–Crippen MR) is 161 cm³/mol. The second-order valence-electron chi connectivity index (χ2n) is 11.2. The number of benzene rings is 3. The molecule has 0 bridgehead atoms. The summed E-state index contributed by atoms with van der Waals surface area (Å²) < 4.78 is 20.6. The van der Waals surface area contributed by atoms with E-state index in [2.05, 4.69) is 21.5 Å². The lowest BCUT2D eigenvalue weighted by Gasteiger charge is -2.32. The van der Waals surface area contributed by atoms with E-state index in [9.17, 15) is 14.9 Å². The highest BCUT2D eigenvalue weighted by molar-refractivity contribution is 6.00. The van der Waals surface area contributed by atoms with Crippen LogP contribution in [0.5, 0.6) is 0 Å². The number of rotatable bonds is 9. The van der Waals surface area contributed by atoms with Gasteiger partial charge in [0.1, 0.15) is 11.9 Å². The second-order valence-corrected chi connectivity index (χ2v) is 11.2. The molecule has 1 saturated heterocycles. The number of nitrogens with zero attached hydrogens (tertiary/aromatic N) is 3. The lowest BCUT2D eigenvalue weighted by Crippen LogP contribution is -2.45. The van der Waals surface area contributed by atoms with Gasteiger partial charge in [-0.25, -0.2) is 14.0 Å². The van der Waals surface area contributed by atoms with Crippen LogP contribution in [0, 0.1) is 29.6 Å². The van der Waals surface area contributed by atoms with Crippen molar-refractivity contribution in [3.05, 3.63) is 101 Å². The number of halogens is 1. The number of amides is 3. The summed E-state index contributed by atoms with van der Waals surface area (Å²) in [6.07, 6.45) is 3.63. The largest absolute Gasteiger partial charge is 0.380 e. The van der Waals surface area contributed by atoms with Gasteiger partial charge in [0.05, 0.1) is 35.5 Å². The van der Waals surface area contributed by atoms with Gasteiger partial charge in [-0.15, -0.1) is 0 Å². The van der Waals surface area contributed by atoms with Gasteiger partial charge in [0.2, 0.25) is 5.91 Å². The number of hydrogen-bond donors (Lipinski definition) is 3. The van der Waals surface area contributed by atoms with Crippen molar-refractivity contribution >= 4 is 29.0 Å². The fourth-order valence-corrected chi connectivity index (χ4v) is 5.53. The first-order valence-electron chi connectivity index (χ1n) is 14.2. The highest BCUT2D eigenvalue weighted by Gasteiger charge is 2.40. The number of carbonyl (C=O) groups excluding carboxylic acids is 2. The van der Waals surface area contributed by atoms with Crippen LogP contribution in [0.2, 0.25) is 0 Å². The Bertz CT molecular complexity index is 1590. The van der Waals surface area contributed by atoms with E-state index < -0.39 is 29.3 Å². The molecule has 1 aliphatic carbocycles. The zero-order valence-corrected chi connectivity index (χ0v) is 23.8. The standard InChI is InChI=1S/C33H33FN6O3/c1-37-25-9-11-26(12-10-25)38-32(42)40-20-27(43-2)18-30(40)31(41)39-29-17-24(8-13-28(29)34)33(36,15-14-21-6-7-21)23-5-3-4-22(16-23)19-35/h3-5,8-13,16-17,21,27,30H,6-7,14-15,18,20,36H2,2H3,(H,38,42)(H,39,41)/t27-,30-,33?/m1/s1. The van der Waals surface area contributed by atoms with Crippen LogP contribution in [-0.2, 0) is 15.1 Å². The molecule has 0 aromatic heterocycles. The van der Waals surface area contributed by atoms with Gasteiger partial charge >= 0.3 is 6.03 Å². The molecule has 10 heteroatoms. The number of carbonyl (C=O) groups is 2. The third-order valence-corrected chi connectivity index (χ3v) is 8.30. The molecule has 1 unspecified atom stereocenters. The Balaban J connectivity index is 1.39. The fraction of sp³-hybridized carbons (Fsp3) is 0.333. The number of methoxy groups -OCH3 is 1. The second kappa shape index (κ2) is 12.6. The Morgan fingerprint density at radius 1 is 1.14 bits per heavy atom. The maximum atomic E-state index is 15.2. The van der Waals surface area contributed by atoms with Crippen molar-refractivity contribution in [2.24, 2.45) is 11.7 Å². The Morgan fingerprint density at radius 3 is 2.56 bits per heavy atom. The molecule has 3 aromatic carbocycles. The normalized spacial score (nSPS) is 19.1. The summed E-state index contributed by atoms with van der Waals surface area (Å²) in [6, 6.07) is 18.7. The highest BCUT2D eigenvalue weighted by Crippen LogP contribution is 2.40. The average Bonchev–Trinajstić information content (AvgIpc) is 3.76. The molecule has 9 nitrogen and oxygen atoms in total. The molecule has 220 valence electrons. The van der Waals surface area contributed by atoms with Gasteiger partial charge in [0.25, 0.3) is 0 Å². The van der Waals surface area contributed by atoms with Crippen LogP contribution in [0.4, 0.5) is 26.2 Å².